The lowest BCUT2D eigenvalue weighted by Gasteiger charge is -2.39. The van der Waals surface area contributed by atoms with Crippen LogP contribution in [0.3, 0.4) is 0 Å². The summed E-state index contributed by atoms with van der Waals surface area (Å²) in [6.07, 6.45) is 6.53. The van der Waals surface area contributed by atoms with Crippen molar-refractivity contribution in [3.63, 3.8) is 0 Å². The predicted octanol–water partition coefficient (Wildman–Crippen LogP) is 3.55. The topological polar surface area (TPSA) is 71.4 Å². The first kappa shape index (κ1) is 25.7. The zero-order valence-corrected chi connectivity index (χ0v) is 21.1. The van der Waals surface area contributed by atoms with Crippen molar-refractivity contribution in [2.24, 2.45) is 0 Å². The van der Waals surface area contributed by atoms with Crippen molar-refractivity contribution in [2.75, 3.05) is 39.4 Å². The van der Waals surface area contributed by atoms with Crippen LogP contribution in [0.2, 0.25) is 0 Å². The fraction of sp³-hybridized carbons (Fsp3) is 0.727. The van der Waals surface area contributed by atoms with Crippen molar-refractivity contribution in [3.8, 4) is 0 Å². The second kappa shape index (κ2) is 11.5. The molecule has 180 valence electrons. The fourth-order valence-corrected chi connectivity index (χ4v) is 6.39. The number of piperazine rings is 1. The minimum Gasteiger partial charge on any atom is -0.381 e. The summed E-state index contributed by atoms with van der Waals surface area (Å²) in [7, 11) is 0. The maximum Gasteiger partial charge on any atom is 0.261 e. The highest BCUT2D eigenvalue weighted by atomic mass is 35.5. The fourth-order valence-electron chi connectivity index (χ4n) is 5.25. The Bertz CT molecular complexity index is 884. The zero-order valence-electron chi connectivity index (χ0n) is 18.7. The Morgan fingerprint density at radius 1 is 1.09 bits per heavy atom. The number of ether oxygens (including phenoxy) is 1. The molecule has 0 bridgehead atoms. The van der Waals surface area contributed by atoms with Crippen molar-refractivity contribution >= 4 is 52.3 Å². The molecule has 7 nitrogen and oxygen atoms in total. The molecule has 5 rings (SSSR count). The lowest BCUT2D eigenvalue weighted by atomic mass is 9.90. The first-order valence-electron chi connectivity index (χ1n) is 11.5. The number of nitrogens with one attached hydrogen (secondary N) is 2. The van der Waals surface area contributed by atoms with Gasteiger partial charge >= 0.3 is 0 Å². The number of hydrogen-bond donors (Lipinski definition) is 2. The molecule has 0 spiro atoms. The third-order valence-electron chi connectivity index (χ3n) is 7.03. The van der Waals surface area contributed by atoms with E-state index in [0.717, 1.165) is 85.9 Å². The van der Waals surface area contributed by atoms with Crippen molar-refractivity contribution in [3.05, 3.63) is 16.6 Å². The van der Waals surface area contributed by atoms with Crippen molar-refractivity contribution in [1.29, 1.82) is 0 Å². The summed E-state index contributed by atoms with van der Waals surface area (Å²) >= 11 is 1.59. The Morgan fingerprint density at radius 3 is 2.47 bits per heavy atom. The van der Waals surface area contributed by atoms with Gasteiger partial charge < -0.3 is 15.4 Å². The van der Waals surface area contributed by atoms with Crippen LogP contribution in [0, 0.1) is 6.92 Å². The highest BCUT2D eigenvalue weighted by molar-refractivity contribution is 7.20. The number of nitrogens with zero attached hydrogens (tertiary/aromatic N) is 3. The molecule has 2 aliphatic heterocycles. The Kier molecular flexibility index (Phi) is 9.23. The third kappa shape index (κ3) is 5.42. The number of fused-ring (bicyclic) bond motifs is 1. The molecule has 4 heterocycles. The molecule has 0 radical (unpaired) electrons. The molecule has 0 atom stereocenters. The van der Waals surface area contributed by atoms with E-state index in [0.29, 0.717) is 18.1 Å². The lowest BCUT2D eigenvalue weighted by Crippen LogP contribution is -2.50. The van der Waals surface area contributed by atoms with Gasteiger partial charge in [-0.25, -0.2) is 0 Å². The van der Waals surface area contributed by atoms with Gasteiger partial charge in [-0.05, 0) is 51.5 Å². The molecule has 2 saturated heterocycles. The van der Waals surface area contributed by atoms with Crippen LogP contribution in [0.4, 0.5) is 0 Å². The smallest absolute Gasteiger partial charge is 0.261 e. The molecule has 2 aromatic rings. The zero-order chi connectivity index (χ0) is 20.5. The molecule has 1 saturated carbocycles. The van der Waals surface area contributed by atoms with E-state index >= 15 is 0 Å². The first-order chi connectivity index (χ1) is 14.7. The maximum atomic E-state index is 13.0. The van der Waals surface area contributed by atoms with Crippen LogP contribution in [0.5, 0.6) is 0 Å². The summed E-state index contributed by atoms with van der Waals surface area (Å²) in [4.78, 5) is 17.6. The number of carbonyl (C=O) groups is 1. The number of aryl methyl sites for hydroxylation is 1. The SMILES string of the molecule is Cc1nn(C2CCOCC2)c2sc(C(=O)NC3CCC(N4CCNCC4)CC3)cc12.Cl.Cl. The van der Waals surface area contributed by atoms with Gasteiger partial charge in [0.2, 0.25) is 0 Å². The van der Waals surface area contributed by atoms with Gasteiger partial charge in [0, 0.05) is 56.9 Å². The summed E-state index contributed by atoms with van der Waals surface area (Å²) in [6, 6.07) is 3.41. The van der Waals surface area contributed by atoms with Crippen molar-refractivity contribution in [2.45, 2.75) is 63.6 Å². The van der Waals surface area contributed by atoms with E-state index in [4.69, 9.17) is 9.84 Å². The normalized spacial score (nSPS) is 25.2. The van der Waals surface area contributed by atoms with Crippen LogP contribution in [-0.4, -0.2) is 72.1 Å². The van der Waals surface area contributed by atoms with Gasteiger partial charge in [0.15, 0.2) is 0 Å². The van der Waals surface area contributed by atoms with Gasteiger partial charge in [-0.15, -0.1) is 36.2 Å². The Hall–Kier alpha value is -0.900. The van der Waals surface area contributed by atoms with Crippen LogP contribution in [0.25, 0.3) is 10.2 Å². The largest absolute Gasteiger partial charge is 0.381 e. The molecule has 2 aromatic heterocycles. The van der Waals surface area contributed by atoms with E-state index in [1.165, 1.54) is 12.8 Å². The van der Waals surface area contributed by atoms with E-state index in [1.807, 2.05) is 13.0 Å². The van der Waals surface area contributed by atoms with E-state index in [2.05, 4.69) is 20.2 Å². The number of hydrogen-bond acceptors (Lipinski definition) is 6. The molecular weight excluding hydrogens is 469 g/mol. The second-order valence-electron chi connectivity index (χ2n) is 8.97. The highest BCUT2D eigenvalue weighted by Crippen LogP contribution is 2.33. The van der Waals surface area contributed by atoms with Crippen LogP contribution in [-0.2, 0) is 4.74 Å². The average molecular weight is 505 g/mol. The molecule has 0 aromatic carbocycles. The minimum absolute atomic E-state index is 0. The molecule has 2 N–H and O–H groups in total. The van der Waals surface area contributed by atoms with Gasteiger partial charge in [0.1, 0.15) is 4.83 Å². The summed E-state index contributed by atoms with van der Waals surface area (Å²) in [5, 5.41) is 12.7. The first-order valence-corrected chi connectivity index (χ1v) is 12.3. The number of rotatable bonds is 4. The summed E-state index contributed by atoms with van der Waals surface area (Å²) < 4.78 is 7.65. The maximum absolute atomic E-state index is 13.0. The standard InChI is InChI=1S/C22H33N5O2S.2ClH/c1-15-19-14-20(30-22(19)27(25-15)18-6-12-29-13-7-18)21(28)24-16-2-4-17(5-3-16)26-10-8-23-9-11-26;;/h14,16-18,23H,2-13H2,1H3,(H,24,28);2*1H. The third-order valence-corrected chi connectivity index (χ3v) is 8.15. The molecule has 10 heteroatoms. The number of thiophene rings is 1. The number of halogens is 2. The Morgan fingerprint density at radius 2 is 1.78 bits per heavy atom. The summed E-state index contributed by atoms with van der Waals surface area (Å²) in [6.45, 7) is 8.16. The number of amides is 1. The van der Waals surface area contributed by atoms with E-state index < -0.39 is 0 Å². The molecule has 32 heavy (non-hydrogen) atoms. The molecule has 1 amide bonds. The van der Waals surface area contributed by atoms with E-state index in [-0.39, 0.29) is 30.7 Å². The summed E-state index contributed by atoms with van der Waals surface area (Å²) in [5.41, 5.74) is 1.02. The lowest BCUT2D eigenvalue weighted by molar-refractivity contribution is 0.0675. The molecule has 3 aliphatic rings. The van der Waals surface area contributed by atoms with Crippen molar-refractivity contribution in [1.82, 2.24) is 25.3 Å². The molecule has 1 aliphatic carbocycles. The van der Waals surface area contributed by atoms with Gasteiger partial charge in [0.05, 0.1) is 16.6 Å². The van der Waals surface area contributed by atoms with Gasteiger partial charge in [-0.2, -0.15) is 5.10 Å². The minimum atomic E-state index is 0. The van der Waals surface area contributed by atoms with Gasteiger partial charge in [-0.1, -0.05) is 0 Å². The van der Waals surface area contributed by atoms with Gasteiger partial charge in [0.25, 0.3) is 5.91 Å². The van der Waals surface area contributed by atoms with Crippen LogP contribution in [0.1, 0.15) is 59.9 Å². The molecular formula is C22H35Cl2N5O2S. The number of aromatic nitrogens is 2. The van der Waals surface area contributed by atoms with Crippen LogP contribution < -0.4 is 10.6 Å². The van der Waals surface area contributed by atoms with E-state index in [9.17, 15) is 4.79 Å². The van der Waals surface area contributed by atoms with Crippen LogP contribution in [0.15, 0.2) is 6.07 Å². The quantitative estimate of drug-likeness (QED) is 0.667. The highest BCUT2D eigenvalue weighted by Gasteiger charge is 2.28. The summed E-state index contributed by atoms with van der Waals surface area (Å²) in [5.74, 6) is 0.0831. The Balaban J connectivity index is 0.00000144. The average Bonchev–Trinajstić information content (AvgIpc) is 3.36. The second-order valence-corrected chi connectivity index (χ2v) is 10.00. The molecule has 0 unspecified atom stereocenters. The molecule has 3 fully saturated rings. The Labute approximate surface area is 206 Å². The van der Waals surface area contributed by atoms with Crippen molar-refractivity contribution < 1.29 is 9.53 Å². The van der Waals surface area contributed by atoms with E-state index in [1.54, 1.807) is 11.3 Å². The monoisotopic (exact) mass is 503 g/mol. The van der Waals surface area contributed by atoms with Gasteiger partial charge in [-0.3, -0.25) is 14.4 Å². The predicted molar refractivity (Wildman–Crippen MR) is 134 cm³/mol. The number of carbonyl (C=O) groups excluding carboxylic acids is 1. The van der Waals surface area contributed by atoms with Crippen LogP contribution >= 0.6 is 36.2 Å².